The van der Waals surface area contributed by atoms with Crippen LogP contribution in [0, 0.1) is 5.82 Å². The number of hydrogen-bond donors (Lipinski definition) is 1. The molecule has 0 amide bonds. The van der Waals surface area contributed by atoms with Gasteiger partial charge in [0, 0.05) is 11.6 Å². The molecule has 19 heavy (non-hydrogen) atoms. The molecular formula is C12H10F4N2O. The van der Waals surface area contributed by atoms with E-state index in [0.717, 1.165) is 12.1 Å². The second-order valence-corrected chi connectivity index (χ2v) is 4.09. The summed E-state index contributed by atoms with van der Waals surface area (Å²) in [5, 5.41) is 3.53. The van der Waals surface area contributed by atoms with Crippen LogP contribution < -0.4 is 5.73 Å². The van der Waals surface area contributed by atoms with Gasteiger partial charge < -0.3 is 10.3 Å². The molecule has 1 unspecified atom stereocenters. The van der Waals surface area contributed by atoms with Crippen molar-refractivity contribution < 1.29 is 22.1 Å². The Morgan fingerprint density at radius 2 is 1.95 bits per heavy atom. The van der Waals surface area contributed by atoms with Crippen molar-refractivity contribution in [3.63, 3.8) is 0 Å². The fourth-order valence-corrected chi connectivity index (χ4v) is 1.61. The van der Waals surface area contributed by atoms with Crippen molar-refractivity contribution in [2.75, 3.05) is 0 Å². The zero-order chi connectivity index (χ0) is 14.2. The van der Waals surface area contributed by atoms with E-state index in [1.54, 1.807) is 6.92 Å². The Balaban J connectivity index is 2.55. The third-order valence-corrected chi connectivity index (χ3v) is 2.54. The van der Waals surface area contributed by atoms with Gasteiger partial charge in [-0.25, -0.2) is 4.39 Å². The molecule has 1 aromatic heterocycles. The van der Waals surface area contributed by atoms with Crippen LogP contribution >= 0.6 is 0 Å². The van der Waals surface area contributed by atoms with Crippen molar-refractivity contribution >= 4 is 0 Å². The first-order valence-corrected chi connectivity index (χ1v) is 5.38. The van der Waals surface area contributed by atoms with Gasteiger partial charge >= 0.3 is 6.18 Å². The lowest BCUT2D eigenvalue weighted by Gasteiger charge is -2.10. The van der Waals surface area contributed by atoms with Gasteiger partial charge in [0.1, 0.15) is 11.5 Å². The first-order valence-electron chi connectivity index (χ1n) is 5.38. The van der Waals surface area contributed by atoms with Gasteiger partial charge in [0.15, 0.2) is 5.76 Å². The maximum atomic E-state index is 13.0. The monoisotopic (exact) mass is 274 g/mol. The number of benzene rings is 1. The summed E-state index contributed by atoms with van der Waals surface area (Å²) < 4.78 is 56.3. The normalized spacial score (nSPS) is 13.6. The molecule has 0 spiro atoms. The van der Waals surface area contributed by atoms with E-state index >= 15 is 0 Å². The van der Waals surface area contributed by atoms with Crippen molar-refractivity contribution in [2.24, 2.45) is 5.73 Å². The van der Waals surface area contributed by atoms with E-state index in [-0.39, 0.29) is 17.0 Å². The third-order valence-electron chi connectivity index (χ3n) is 2.54. The highest BCUT2D eigenvalue weighted by atomic mass is 19.4. The summed E-state index contributed by atoms with van der Waals surface area (Å²) in [4.78, 5) is 0. The Morgan fingerprint density at radius 3 is 2.47 bits per heavy atom. The number of nitrogens with zero attached hydrogens (tertiary/aromatic N) is 1. The SMILES string of the molecule is CC(N)c1cc(-c2ccc(F)cc2C(F)(F)F)no1. The van der Waals surface area contributed by atoms with Gasteiger partial charge in [0.05, 0.1) is 11.6 Å². The van der Waals surface area contributed by atoms with Crippen molar-refractivity contribution in [1.29, 1.82) is 0 Å². The smallest absolute Gasteiger partial charge is 0.359 e. The quantitative estimate of drug-likeness (QED) is 0.852. The molecule has 0 saturated heterocycles. The summed E-state index contributed by atoms with van der Waals surface area (Å²) in [6.45, 7) is 1.61. The molecule has 0 aliphatic rings. The minimum Gasteiger partial charge on any atom is -0.359 e. The molecule has 0 radical (unpaired) electrons. The van der Waals surface area contributed by atoms with Crippen molar-refractivity contribution in [1.82, 2.24) is 5.16 Å². The van der Waals surface area contributed by atoms with Crippen LogP contribution in [-0.2, 0) is 6.18 Å². The summed E-state index contributed by atoms with van der Waals surface area (Å²) in [5.74, 6) is -0.709. The number of aromatic nitrogens is 1. The Morgan fingerprint density at radius 1 is 1.26 bits per heavy atom. The molecule has 0 aliphatic carbocycles. The van der Waals surface area contributed by atoms with E-state index in [4.69, 9.17) is 10.3 Å². The average Bonchev–Trinajstić information content (AvgIpc) is 2.77. The minimum atomic E-state index is -4.68. The summed E-state index contributed by atoms with van der Waals surface area (Å²) in [6, 6.07) is 3.20. The van der Waals surface area contributed by atoms with Crippen LogP contribution in [0.2, 0.25) is 0 Å². The van der Waals surface area contributed by atoms with E-state index in [1.807, 2.05) is 0 Å². The molecule has 1 aromatic carbocycles. The largest absolute Gasteiger partial charge is 0.417 e. The Bertz CT molecular complexity index is 590. The molecule has 2 rings (SSSR count). The van der Waals surface area contributed by atoms with Gasteiger partial charge in [0.25, 0.3) is 0 Å². The topological polar surface area (TPSA) is 52.0 Å². The fraction of sp³-hybridized carbons (Fsp3) is 0.250. The van der Waals surface area contributed by atoms with Gasteiger partial charge in [-0.2, -0.15) is 13.2 Å². The molecular weight excluding hydrogens is 264 g/mol. The van der Waals surface area contributed by atoms with Gasteiger partial charge in [0.2, 0.25) is 0 Å². The second-order valence-electron chi connectivity index (χ2n) is 4.09. The van der Waals surface area contributed by atoms with Crippen molar-refractivity contribution in [2.45, 2.75) is 19.1 Å². The predicted octanol–water partition coefficient (Wildman–Crippen LogP) is 3.52. The molecule has 2 N–H and O–H groups in total. The number of hydrogen-bond acceptors (Lipinski definition) is 3. The van der Waals surface area contributed by atoms with E-state index in [9.17, 15) is 17.6 Å². The highest BCUT2D eigenvalue weighted by Gasteiger charge is 2.35. The number of alkyl halides is 3. The van der Waals surface area contributed by atoms with E-state index in [1.165, 1.54) is 6.07 Å². The molecule has 102 valence electrons. The number of nitrogens with two attached hydrogens (primary N) is 1. The van der Waals surface area contributed by atoms with E-state index < -0.39 is 23.6 Å². The highest BCUT2D eigenvalue weighted by Crippen LogP contribution is 2.37. The number of rotatable bonds is 2. The molecule has 0 fully saturated rings. The lowest BCUT2D eigenvalue weighted by molar-refractivity contribution is -0.137. The molecule has 2 aromatic rings. The van der Waals surface area contributed by atoms with Crippen LogP contribution in [0.4, 0.5) is 17.6 Å². The molecule has 0 saturated carbocycles. The molecule has 3 nitrogen and oxygen atoms in total. The Labute approximate surface area is 106 Å². The van der Waals surface area contributed by atoms with Crippen LogP contribution in [0.15, 0.2) is 28.8 Å². The summed E-state index contributed by atoms with van der Waals surface area (Å²) in [5.41, 5.74) is 4.16. The van der Waals surface area contributed by atoms with Crippen molar-refractivity contribution in [3.8, 4) is 11.3 Å². The van der Waals surface area contributed by atoms with Crippen LogP contribution in [0.5, 0.6) is 0 Å². The predicted molar refractivity (Wildman–Crippen MR) is 59.5 cm³/mol. The van der Waals surface area contributed by atoms with Crippen LogP contribution in [0.1, 0.15) is 24.3 Å². The highest BCUT2D eigenvalue weighted by molar-refractivity contribution is 5.64. The maximum Gasteiger partial charge on any atom is 0.417 e. The fourth-order valence-electron chi connectivity index (χ4n) is 1.61. The molecule has 1 atom stereocenters. The van der Waals surface area contributed by atoms with Crippen LogP contribution in [0.25, 0.3) is 11.3 Å². The van der Waals surface area contributed by atoms with E-state index in [2.05, 4.69) is 5.16 Å². The molecule has 0 bridgehead atoms. The Hall–Kier alpha value is -1.89. The summed E-state index contributed by atoms with van der Waals surface area (Å²) in [6.07, 6.45) is -4.68. The van der Waals surface area contributed by atoms with Crippen LogP contribution in [-0.4, -0.2) is 5.16 Å². The molecule has 7 heteroatoms. The van der Waals surface area contributed by atoms with Crippen molar-refractivity contribution in [3.05, 3.63) is 41.4 Å². The van der Waals surface area contributed by atoms with Gasteiger partial charge in [-0.05, 0) is 25.1 Å². The number of halogens is 4. The maximum absolute atomic E-state index is 13.0. The van der Waals surface area contributed by atoms with E-state index in [0.29, 0.717) is 6.07 Å². The van der Waals surface area contributed by atoms with Gasteiger partial charge in [-0.15, -0.1) is 0 Å². The molecule has 0 aliphatic heterocycles. The van der Waals surface area contributed by atoms with Gasteiger partial charge in [-0.3, -0.25) is 0 Å². The summed E-state index contributed by atoms with van der Waals surface area (Å²) >= 11 is 0. The molecule has 1 heterocycles. The second kappa shape index (κ2) is 4.65. The first kappa shape index (κ1) is 13.5. The Kier molecular flexibility index (Phi) is 3.32. The third kappa shape index (κ3) is 2.76. The lowest BCUT2D eigenvalue weighted by Crippen LogP contribution is -2.08. The minimum absolute atomic E-state index is 0.0281. The zero-order valence-corrected chi connectivity index (χ0v) is 9.83. The zero-order valence-electron chi connectivity index (χ0n) is 9.83. The standard InChI is InChI=1S/C12H10F4N2O/c1-6(17)11-5-10(18-19-11)8-3-2-7(13)4-9(8)12(14,15)16/h2-6H,17H2,1H3. The lowest BCUT2D eigenvalue weighted by atomic mass is 10.0. The summed E-state index contributed by atoms with van der Waals surface area (Å²) in [7, 11) is 0. The van der Waals surface area contributed by atoms with Gasteiger partial charge in [-0.1, -0.05) is 5.16 Å². The average molecular weight is 274 g/mol. The first-order chi connectivity index (χ1) is 8.79. The van der Waals surface area contributed by atoms with Crippen LogP contribution in [0.3, 0.4) is 0 Å².